The normalized spacial score (nSPS) is 0. The molecule has 0 saturated heterocycles. The summed E-state index contributed by atoms with van der Waals surface area (Å²) in [4.78, 5) is 0. The van der Waals surface area contributed by atoms with Crippen molar-refractivity contribution in [1.82, 2.24) is 0 Å². The summed E-state index contributed by atoms with van der Waals surface area (Å²) < 4.78 is 0. The van der Waals surface area contributed by atoms with Crippen LogP contribution in [0.5, 0.6) is 0 Å². The van der Waals surface area contributed by atoms with Crippen molar-refractivity contribution in [3.05, 3.63) is 0 Å². The Bertz CT molecular complexity index is 8.81. The fourth-order valence-corrected chi connectivity index (χ4v) is 0. The van der Waals surface area contributed by atoms with Crippen LogP contribution in [0.3, 0.4) is 0 Å². The van der Waals surface area contributed by atoms with Gasteiger partial charge in [0.1, 0.15) is 0 Å². The monoisotopic (exact) mass is 276 g/mol. The second-order valence-corrected chi connectivity index (χ2v) is 0. The number of hydrogen-bond donors (Lipinski definition) is 0. The Morgan fingerprint density at radius 2 is 0.200 bits per heavy atom. The summed E-state index contributed by atoms with van der Waals surface area (Å²) in [6.07, 6.45) is 0. The van der Waals surface area contributed by atoms with Gasteiger partial charge >= 0.3 is 207 Å². The predicted octanol–water partition coefficient (Wildman–Crippen LogP) is -3.27. The molecule has 10 heteroatoms. The van der Waals surface area contributed by atoms with Crippen LogP contribution >= 0.6 is 37.2 Å². The van der Waals surface area contributed by atoms with E-state index in [1.54, 1.807) is 0 Å². The van der Waals surface area contributed by atoms with E-state index in [2.05, 4.69) is 0 Å². The zero-order valence-corrected chi connectivity index (χ0v) is 3.67. The second kappa shape index (κ2) is 68.6. The van der Waals surface area contributed by atoms with Gasteiger partial charge in [-0.15, -0.1) is 37.2 Å². The van der Waals surface area contributed by atoms with E-state index >= 15 is 0 Å². The Morgan fingerprint density at radius 3 is 0.200 bits per heavy atom. The van der Waals surface area contributed by atoms with E-state index in [0.717, 1.165) is 0 Å². The summed E-state index contributed by atoms with van der Waals surface area (Å²) in [6.45, 7) is 0. The quantitative estimate of drug-likeness (QED) is 0.408. The number of rotatable bonds is 0. The van der Waals surface area contributed by atoms with E-state index in [0.29, 0.717) is 0 Å². The summed E-state index contributed by atoms with van der Waals surface area (Å²) in [7, 11) is 0. The van der Waals surface area contributed by atoms with Crippen LogP contribution in [0.4, 0.5) is 0 Å². The summed E-state index contributed by atoms with van der Waals surface area (Å²) in [5.41, 5.74) is 0. The minimum absolute atomic E-state index is 0. The predicted molar refractivity (Wildman–Crippen MR) is 71.8 cm³/mol. The maximum absolute atomic E-state index is 0. The first-order valence-corrected chi connectivity index (χ1v) is 0. The van der Waals surface area contributed by atoms with Crippen molar-refractivity contribution in [2.45, 2.75) is 0 Å². The molecule has 0 aromatic heterocycles. The van der Waals surface area contributed by atoms with Gasteiger partial charge in [0.05, 0.1) is 0 Å². The Morgan fingerprint density at radius 1 is 0.200 bits per heavy atom. The van der Waals surface area contributed by atoms with Gasteiger partial charge in [0.15, 0.2) is 0 Å². The molecule has 0 unspecified atom stereocenters. The van der Waals surface area contributed by atoms with Crippen LogP contribution in [0.15, 0.2) is 0 Å². The van der Waals surface area contributed by atoms with E-state index in [9.17, 15) is 0 Å². The second-order valence-electron chi connectivity index (χ2n) is 0. The van der Waals surface area contributed by atoms with Gasteiger partial charge in [-0.1, -0.05) is 0 Å². The Labute approximate surface area is 237 Å². The standard InChI is InChI=1S/3ClH.7Na.7H/h3*1H;;;;;;;;;;;;;;. The van der Waals surface area contributed by atoms with Crippen LogP contribution in [-0.2, 0) is 0 Å². The zero-order chi connectivity index (χ0) is 0. The average Bonchev–Trinajstić information content (AvgIpc) is 0. The van der Waals surface area contributed by atoms with Gasteiger partial charge in [0.25, 0.3) is 0 Å². The van der Waals surface area contributed by atoms with Crippen molar-refractivity contribution in [2.24, 2.45) is 0 Å². The molecule has 0 bridgehead atoms. The summed E-state index contributed by atoms with van der Waals surface area (Å²) >= 11 is 0. The van der Waals surface area contributed by atoms with E-state index in [-0.39, 0.29) is 244 Å². The molecule has 0 radical (unpaired) electrons. The minimum atomic E-state index is 0. The molecule has 0 aliphatic heterocycles. The SMILES string of the molecule is Cl.Cl.Cl.[NaH].[NaH].[NaH].[NaH].[NaH].[NaH].[NaH]. The van der Waals surface area contributed by atoms with E-state index in [4.69, 9.17) is 0 Å². The molecule has 0 rings (SSSR count). The molecule has 0 atom stereocenters. The van der Waals surface area contributed by atoms with Crippen LogP contribution in [0.2, 0.25) is 0 Å². The molecule has 0 heterocycles. The Balaban J connectivity index is 0. The van der Waals surface area contributed by atoms with Gasteiger partial charge in [-0.2, -0.15) is 0 Å². The molecule has 0 fully saturated rings. The first kappa shape index (κ1) is 82.1. The molecule has 0 spiro atoms. The van der Waals surface area contributed by atoms with Crippen LogP contribution in [0, 0.1) is 0 Å². The van der Waals surface area contributed by atoms with Crippen LogP contribution in [-0.4, -0.2) is 207 Å². The van der Waals surface area contributed by atoms with Gasteiger partial charge < -0.3 is 0 Å². The molecular weight excluding hydrogens is 267 g/mol. The third-order valence-corrected chi connectivity index (χ3v) is 0. The van der Waals surface area contributed by atoms with Crippen LogP contribution in [0.25, 0.3) is 0 Å². The van der Waals surface area contributed by atoms with Crippen molar-refractivity contribution < 1.29 is 0 Å². The summed E-state index contributed by atoms with van der Waals surface area (Å²) in [6, 6.07) is 0. The fraction of sp³-hybridized carbons (Fsp3) is 0. The summed E-state index contributed by atoms with van der Waals surface area (Å²) in [5.74, 6) is 0. The summed E-state index contributed by atoms with van der Waals surface area (Å²) in [5, 5.41) is 0. The molecule has 0 aliphatic carbocycles. The maximum atomic E-state index is 0. The van der Waals surface area contributed by atoms with E-state index in [1.807, 2.05) is 0 Å². The molecule has 38 valence electrons. The number of hydrogen-bond acceptors (Lipinski definition) is 0. The molecule has 0 saturated carbocycles. The van der Waals surface area contributed by atoms with E-state index in [1.165, 1.54) is 0 Å². The van der Waals surface area contributed by atoms with Gasteiger partial charge in [0.2, 0.25) is 0 Å². The van der Waals surface area contributed by atoms with Crippen molar-refractivity contribution in [3.8, 4) is 0 Å². The van der Waals surface area contributed by atoms with Gasteiger partial charge in [-0.25, -0.2) is 0 Å². The third-order valence-electron chi connectivity index (χ3n) is 0. The van der Waals surface area contributed by atoms with Crippen LogP contribution in [0.1, 0.15) is 0 Å². The third kappa shape index (κ3) is 56.7. The Hall–Kier alpha value is 7.87. The first-order chi connectivity index (χ1) is 0. The van der Waals surface area contributed by atoms with Crippen LogP contribution < -0.4 is 0 Å². The topological polar surface area (TPSA) is 0 Å². The molecule has 10 heavy (non-hydrogen) atoms. The molecule has 0 amide bonds. The van der Waals surface area contributed by atoms with E-state index < -0.39 is 0 Å². The average molecular weight is 277 g/mol. The molecule has 0 aromatic rings. The first-order valence-electron chi connectivity index (χ1n) is 0. The van der Waals surface area contributed by atoms with Gasteiger partial charge in [0, 0.05) is 0 Å². The molecule has 0 aliphatic rings. The fourth-order valence-electron chi connectivity index (χ4n) is 0. The molecule has 0 aromatic carbocycles. The Kier molecular flexibility index (Phi) is 563. The molecular formula is H10Cl3Na7. The van der Waals surface area contributed by atoms with Gasteiger partial charge in [-0.05, 0) is 0 Å². The molecule has 0 nitrogen and oxygen atoms in total. The molecule has 0 N–H and O–H groups in total. The van der Waals surface area contributed by atoms with Gasteiger partial charge in [-0.3, -0.25) is 0 Å². The zero-order valence-electron chi connectivity index (χ0n) is 1.22. The number of halogens is 3. The van der Waals surface area contributed by atoms with Crippen molar-refractivity contribution in [1.29, 1.82) is 0 Å². The van der Waals surface area contributed by atoms with Crippen molar-refractivity contribution >= 4 is 244 Å². The van der Waals surface area contributed by atoms with Crippen molar-refractivity contribution in [2.75, 3.05) is 0 Å². The van der Waals surface area contributed by atoms with Crippen molar-refractivity contribution in [3.63, 3.8) is 0 Å².